The van der Waals surface area contributed by atoms with Crippen molar-refractivity contribution in [2.75, 3.05) is 13.2 Å². The second kappa shape index (κ2) is 2.05. The van der Waals surface area contributed by atoms with Crippen molar-refractivity contribution in [1.82, 2.24) is 0 Å². The van der Waals surface area contributed by atoms with E-state index in [0.29, 0.717) is 13.0 Å². The van der Waals surface area contributed by atoms with Gasteiger partial charge < -0.3 is 14.9 Å². The number of hydrogen-bond donors (Lipinski definition) is 2. The van der Waals surface area contributed by atoms with Crippen LogP contribution in [0.25, 0.3) is 0 Å². The molecule has 4 rings (SSSR count). The third kappa shape index (κ3) is 0.569. The van der Waals surface area contributed by atoms with Gasteiger partial charge in [-0.2, -0.15) is 0 Å². The number of aliphatic hydroxyl groups is 2. The van der Waals surface area contributed by atoms with Crippen LogP contribution in [-0.2, 0) is 9.53 Å². The van der Waals surface area contributed by atoms with Crippen LogP contribution in [0.2, 0.25) is 0 Å². The van der Waals surface area contributed by atoms with Crippen molar-refractivity contribution in [1.29, 1.82) is 0 Å². The van der Waals surface area contributed by atoms with E-state index in [1.54, 1.807) is 6.92 Å². The van der Waals surface area contributed by atoms with Crippen molar-refractivity contribution in [2.45, 2.75) is 31.0 Å². The summed E-state index contributed by atoms with van der Waals surface area (Å²) < 4.78 is 5.56. The van der Waals surface area contributed by atoms with Crippen molar-refractivity contribution < 1.29 is 19.7 Å². The van der Waals surface area contributed by atoms with Gasteiger partial charge in [0, 0.05) is 12.3 Å². The summed E-state index contributed by atoms with van der Waals surface area (Å²) in [5, 5.41) is 19.8. The Hall–Kier alpha value is -0.450. The standard InChI is InChI=1S/C10H14O4/c1-8-3-7(12)6-2-10(8,13)9(6,4-11)5-14-8/h6,11,13H,2-5H2,1H3/t6?,8?,9?,10-/m1/s1. The number of rotatable bonds is 1. The maximum absolute atomic E-state index is 11.7. The molecule has 4 nitrogen and oxygen atoms in total. The van der Waals surface area contributed by atoms with Crippen LogP contribution in [0, 0.1) is 11.3 Å². The zero-order chi connectivity index (χ0) is 10.2. The lowest BCUT2D eigenvalue weighted by molar-refractivity contribution is -0.252. The van der Waals surface area contributed by atoms with Gasteiger partial charge in [-0.25, -0.2) is 0 Å². The third-order valence-corrected chi connectivity index (χ3v) is 4.70. The molecular formula is C10H14O4. The molecule has 1 saturated heterocycles. The molecule has 0 amide bonds. The average Bonchev–Trinajstić information content (AvgIpc) is 2.23. The van der Waals surface area contributed by atoms with Crippen molar-refractivity contribution in [3.63, 3.8) is 0 Å². The van der Waals surface area contributed by atoms with Crippen LogP contribution in [0.5, 0.6) is 0 Å². The van der Waals surface area contributed by atoms with E-state index < -0.39 is 16.6 Å². The van der Waals surface area contributed by atoms with E-state index in [1.807, 2.05) is 0 Å². The zero-order valence-electron chi connectivity index (χ0n) is 8.12. The summed E-state index contributed by atoms with van der Waals surface area (Å²) in [6.07, 6.45) is 0.749. The summed E-state index contributed by atoms with van der Waals surface area (Å²) >= 11 is 0. The van der Waals surface area contributed by atoms with Gasteiger partial charge in [-0.15, -0.1) is 0 Å². The van der Waals surface area contributed by atoms with Gasteiger partial charge >= 0.3 is 0 Å². The quantitative estimate of drug-likeness (QED) is 0.595. The van der Waals surface area contributed by atoms with Gasteiger partial charge in [-0.1, -0.05) is 0 Å². The summed E-state index contributed by atoms with van der Waals surface area (Å²) in [5.74, 6) is -0.0527. The molecule has 1 aliphatic heterocycles. The zero-order valence-corrected chi connectivity index (χ0v) is 8.12. The van der Waals surface area contributed by atoms with E-state index in [0.717, 1.165) is 0 Å². The highest BCUT2D eigenvalue weighted by molar-refractivity contribution is 5.88. The van der Waals surface area contributed by atoms with Crippen LogP contribution in [0.15, 0.2) is 0 Å². The molecule has 0 aromatic rings. The Kier molecular flexibility index (Phi) is 1.29. The lowest BCUT2D eigenvalue weighted by Crippen LogP contribution is -2.76. The van der Waals surface area contributed by atoms with E-state index in [4.69, 9.17) is 4.74 Å². The lowest BCUT2D eigenvalue weighted by Gasteiger charge is -2.63. The van der Waals surface area contributed by atoms with Gasteiger partial charge in [0.1, 0.15) is 17.0 Å². The first kappa shape index (κ1) is 8.83. The largest absolute Gasteiger partial charge is 0.396 e. The van der Waals surface area contributed by atoms with Crippen LogP contribution in [0.4, 0.5) is 0 Å². The molecule has 4 fully saturated rings. The third-order valence-electron chi connectivity index (χ3n) is 4.70. The predicted octanol–water partition coefficient (Wildman–Crippen LogP) is -0.522. The van der Waals surface area contributed by atoms with Crippen LogP contribution < -0.4 is 0 Å². The highest BCUT2D eigenvalue weighted by Gasteiger charge is 2.81. The number of carbonyl (C=O) groups is 1. The van der Waals surface area contributed by atoms with Crippen LogP contribution >= 0.6 is 0 Å². The Bertz CT molecular complexity index is 328. The van der Waals surface area contributed by atoms with E-state index >= 15 is 0 Å². The van der Waals surface area contributed by atoms with Crippen molar-refractivity contribution in [2.24, 2.45) is 11.3 Å². The molecule has 0 radical (unpaired) electrons. The first-order valence-corrected chi connectivity index (χ1v) is 4.99. The SMILES string of the molecule is CC12CC(=O)C3C[C@]1(O)C3(CO)CO2. The number of ketones is 1. The van der Waals surface area contributed by atoms with Gasteiger partial charge in [0.05, 0.1) is 18.6 Å². The smallest absolute Gasteiger partial charge is 0.139 e. The van der Waals surface area contributed by atoms with E-state index in [-0.39, 0.29) is 24.7 Å². The molecular weight excluding hydrogens is 184 g/mol. The van der Waals surface area contributed by atoms with Crippen LogP contribution in [-0.4, -0.2) is 40.4 Å². The Morgan fingerprint density at radius 1 is 1.64 bits per heavy atom. The highest BCUT2D eigenvalue weighted by atomic mass is 16.5. The molecule has 0 aromatic carbocycles. The van der Waals surface area contributed by atoms with E-state index in [1.165, 1.54) is 0 Å². The summed E-state index contributed by atoms with van der Waals surface area (Å²) in [6, 6.07) is 0. The van der Waals surface area contributed by atoms with Crippen molar-refractivity contribution in [3.8, 4) is 0 Å². The molecule has 78 valence electrons. The molecule has 4 atom stereocenters. The van der Waals surface area contributed by atoms with Crippen molar-refractivity contribution in [3.05, 3.63) is 0 Å². The topological polar surface area (TPSA) is 66.8 Å². The summed E-state index contributed by atoms with van der Waals surface area (Å²) in [4.78, 5) is 11.7. The summed E-state index contributed by atoms with van der Waals surface area (Å²) in [5.41, 5.74) is -2.44. The maximum Gasteiger partial charge on any atom is 0.139 e. The molecule has 2 N–H and O–H groups in total. The van der Waals surface area contributed by atoms with Crippen LogP contribution in [0.3, 0.4) is 0 Å². The fourth-order valence-electron chi connectivity index (χ4n) is 3.58. The Labute approximate surface area is 81.9 Å². The normalized spacial score (nSPS) is 59.9. The molecule has 1 heterocycles. The summed E-state index contributed by atoms with van der Waals surface area (Å²) in [7, 11) is 0. The minimum absolute atomic E-state index is 0.134. The van der Waals surface area contributed by atoms with Gasteiger partial charge in [-0.05, 0) is 13.3 Å². The fourth-order valence-corrected chi connectivity index (χ4v) is 3.58. The minimum Gasteiger partial charge on any atom is -0.396 e. The molecule has 3 saturated carbocycles. The monoisotopic (exact) mass is 198 g/mol. The minimum atomic E-state index is -0.979. The lowest BCUT2D eigenvalue weighted by atomic mass is 9.41. The number of aliphatic hydroxyl groups excluding tert-OH is 1. The number of Topliss-reactive ketones (excluding diaryl/α,β-unsaturated/α-hetero) is 1. The maximum atomic E-state index is 11.7. The predicted molar refractivity (Wildman–Crippen MR) is 46.6 cm³/mol. The van der Waals surface area contributed by atoms with Crippen LogP contribution in [0.1, 0.15) is 19.8 Å². The second-order valence-electron chi connectivity index (χ2n) is 5.09. The molecule has 0 spiro atoms. The highest BCUT2D eigenvalue weighted by Crippen LogP contribution is 2.69. The number of hydrogen-bond acceptors (Lipinski definition) is 4. The van der Waals surface area contributed by atoms with Gasteiger partial charge in [0.15, 0.2) is 0 Å². The van der Waals surface area contributed by atoms with E-state index in [2.05, 4.69) is 0 Å². The van der Waals surface area contributed by atoms with E-state index in [9.17, 15) is 15.0 Å². The summed E-state index contributed by atoms with van der Waals surface area (Å²) in [6.45, 7) is 1.93. The molecule has 3 unspecified atom stereocenters. The molecule has 14 heavy (non-hydrogen) atoms. The first-order chi connectivity index (χ1) is 6.49. The van der Waals surface area contributed by atoms with Crippen molar-refractivity contribution >= 4 is 5.78 Å². The molecule has 3 aliphatic carbocycles. The number of carbonyl (C=O) groups excluding carboxylic acids is 1. The Morgan fingerprint density at radius 3 is 3.00 bits per heavy atom. The Morgan fingerprint density at radius 2 is 2.36 bits per heavy atom. The molecule has 4 heteroatoms. The molecule has 0 aromatic heterocycles. The van der Waals surface area contributed by atoms with Gasteiger partial charge in [0.25, 0.3) is 0 Å². The Balaban J connectivity index is 2.15. The number of ether oxygens (including phenoxy) is 1. The van der Waals surface area contributed by atoms with Gasteiger partial charge in [0.2, 0.25) is 0 Å². The molecule has 4 aliphatic rings. The fraction of sp³-hybridized carbons (Fsp3) is 0.900. The first-order valence-electron chi connectivity index (χ1n) is 4.99. The second-order valence-corrected chi connectivity index (χ2v) is 5.09. The average molecular weight is 198 g/mol. The molecule has 4 bridgehead atoms. The number of fused-ring (bicyclic) bond motifs is 1. The van der Waals surface area contributed by atoms with Gasteiger partial charge in [-0.3, -0.25) is 4.79 Å².